The van der Waals surface area contributed by atoms with E-state index in [-0.39, 0.29) is 23.8 Å². The number of hydrogen-bond donors (Lipinski definition) is 2. The second kappa shape index (κ2) is 9.24. The van der Waals surface area contributed by atoms with Crippen molar-refractivity contribution in [3.63, 3.8) is 0 Å². The van der Waals surface area contributed by atoms with E-state index in [1.807, 2.05) is 28.0 Å². The maximum atomic E-state index is 13.2. The van der Waals surface area contributed by atoms with E-state index < -0.39 is 0 Å². The largest absolute Gasteiger partial charge is 0.340 e. The van der Waals surface area contributed by atoms with E-state index in [0.29, 0.717) is 32.2 Å². The van der Waals surface area contributed by atoms with Gasteiger partial charge in [-0.05, 0) is 31.7 Å². The number of rotatable bonds is 4. The molecule has 0 aromatic heterocycles. The quantitative estimate of drug-likeness (QED) is 0.791. The van der Waals surface area contributed by atoms with Crippen molar-refractivity contribution in [1.29, 1.82) is 0 Å². The molecule has 0 bridgehead atoms. The molecule has 0 spiro atoms. The lowest BCUT2D eigenvalue weighted by atomic mass is 9.93. The molecule has 0 radical (unpaired) electrons. The first-order valence-corrected chi connectivity index (χ1v) is 11.0. The van der Waals surface area contributed by atoms with Crippen LogP contribution in [0, 0.1) is 5.92 Å². The molecule has 2 N–H and O–H groups in total. The Morgan fingerprint density at radius 2 is 1.79 bits per heavy atom. The lowest BCUT2D eigenvalue weighted by Crippen LogP contribution is -2.54. The number of piperidine rings is 1. The molecule has 0 aliphatic carbocycles. The van der Waals surface area contributed by atoms with Crippen molar-refractivity contribution in [2.24, 2.45) is 5.92 Å². The molecular formula is C22H33N5O2. The van der Waals surface area contributed by atoms with Crippen molar-refractivity contribution in [2.45, 2.75) is 38.3 Å². The van der Waals surface area contributed by atoms with Crippen LogP contribution in [0.5, 0.6) is 0 Å². The molecule has 7 heteroatoms. The number of hydrazine groups is 1. The number of amides is 2. The van der Waals surface area contributed by atoms with Crippen molar-refractivity contribution in [3.05, 3.63) is 35.9 Å². The number of nitrogens with zero attached hydrogens (tertiary/aromatic N) is 3. The summed E-state index contributed by atoms with van der Waals surface area (Å²) in [5, 5.41) is 0. The fourth-order valence-electron chi connectivity index (χ4n) is 4.81. The smallest absolute Gasteiger partial charge is 0.236 e. The Labute approximate surface area is 173 Å². The molecular weight excluding hydrogens is 366 g/mol. The van der Waals surface area contributed by atoms with E-state index >= 15 is 0 Å². The molecule has 3 saturated heterocycles. The zero-order valence-corrected chi connectivity index (χ0v) is 17.3. The number of carbonyl (C=O) groups is 2. The third-order valence-corrected chi connectivity index (χ3v) is 6.62. The Morgan fingerprint density at radius 3 is 2.52 bits per heavy atom. The van der Waals surface area contributed by atoms with Crippen LogP contribution in [0.4, 0.5) is 0 Å². The Morgan fingerprint density at radius 1 is 1.03 bits per heavy atom. The molecule has 4 rings (SSSR count). The SMILES string of the molecule is CC1CCCCN1C(=O)CN1CCN(C(=O)C2CNNC2c2ccccc2)CC1. The second-order valence-electron chi connectivity index (χ2n) is 8.55. The Balaban J connectivity index is 1.29. The number of benzene rings is 1. The number of nitrogens with one attached hydrogen (secondary N) is 2. The van der Waals surface area contributed by atoms with Crippen LogP contribution in [0.2, 0.25) is 0 Å². The van der Waals surface area contributed by atoms with Gasteiger partial charge in [-0.25, -0.2) is 5.43 Å². The summed E-state index contributed by atoms with van der Waals surface area (Å²) in [5.41, 5.74) is 7.55. The fraction of sp³-hybridized carbons (Fsp3) is 0.636. The van der Waals surface area contributed by atoms with Gasteiger partial charge in [-0.15, -0.1) is 0 Å². The molecule has 29 heavy (non-hydrogen) atoms. The molecule has 0 saturated carbocycles. The normalized spacial score (nSPS) is 28.5. The van der Waals surface area contributed by atoms with Gasteiger partial charge in [0, 0.05) is 45.3 Å². The summed E-state index contributed by atoms with van der Waals surface area (Å²) in [4.78, 5) is 32.1. The zero-order valence-electron chi connectivity index (χ0n) is 17.3. The second-order valence-corrected chi connectivity index (χ2v) is 8.55. The fourth-order valence-corrected chi connectivity index (χ4v) is 4.81. The highest BCUT2D eigenvalue weighted by molar-refractivity contribution is 5.81. The third-order valence-electron chi connectivity index (χ3n) is 6.62. The van der Waals surface area contributed by atoms with E-state index in [2.05, 4.69) is 34.8 Å². The molecule has 158 valence electrons. The average Bonchev–Trinajstić information content (AvgIpc) is 3.24. The minimum Gasteiger partial charge on any atom is -0.340 e. The van der Waals surface area contributed by atoms with Gasteiger partial charge in [0.25, 0.3) is 0 Å². The Kier molecular flexibility index (Phi) is 6.47. The third kappa shape index (κ3) is 4.63. The van der Waals surface area contributed by atoms with Crippen LogP contribution in [0.25, 0.3) is 0 Å². The summed E-state index contributed by atoms with van der Waals surface area (Å²) in [6.07, 6.45) is 3.45. The average molecular weight is 400 g/mol. The molecule has 3 heterocycles. The van der Waals surface area contributed by atoms with Crippen LogP contribution in [0.15, 0.2) is 30.3 Å². The van der Waals surface area contributed by atoms with Gasteiger partial charge in [0.2, 0.25) is 11.8 Å². The minimum atomic E-state index is -0.0974. The monoisotopic (exact) mass is 399 g/mol. The van der Waals surface area contributed by atoms with Gasteiger partial charge in [-0.2, -0.15) is 0 Å². The molecule has 3 aliphatic heterocycles. The summed E-state index contributed by atoms with van der Waals surface area (Å²) < 4.78 is 0. The zero-order chi connectivity index (χ0) is 20.2. The van der Waals surface area contributed by atoms with Crippen LogP contribution in [0.1, 0.15) is 37.8 Å². The van der Waals surface area contributed by atoms with E-state index in [1.54, 1.807) is 0 Å². The van der Waals surface area contributed by atoms with Crippen molar-refractivity contribution in [1.82, 2.24) is 25.6 Å². The van der Waals surface area contributed by atoms with Crippen molar-refractivity contribution >= 4 is 11.8 Å². The van der Waals surface area contributed by atoms with Crippen molar-refractivity contribution in [3.8, 4) is 0 Å². The van der Waals surface area contributed by atoms with Gasteiger partial charge in [0.05, 0.1) is 18.5 Å². The van der Waals surface area contributed by atoms with E-state index in [9.17, 15) is 9.59 Å². The highest BCUT2D eigenvalue weighted by atomic mass is 16.2. The van der Waals surface area contributed by atoms with Gasteiger partial charge in [-0.3, -0.25) is 19.9 Å². The van der Waals surface area contributed by atoms with Crippen LogP contribution in [-0.2, 0) is 9.59 Å². The minimum absolute atomic E-state index is 0.00361. The lowest BCUT2D eigenvalue weighted by Gasteiger charge is -2.38. The molecule has 3 unspecified atom stereocenters. The van der Waals surface area contributed by atoms with Crippen LogP contribution in [-0.4, -0.2) is 78.4 Å². The predicted molar refractivity (Wildman–Crippen MR) is 112 cm³/mol. The molecule has 3 aliphatic rings. The summed E-state index contributed by atoms with van der Waals surface area (Å²) >= 11 is 0. The summed E-state index contributed by atoms with van der Waals surface area (Å²) in [5.74, 6) is 0.345. The molecule has 3 atom stereocenters. The highest BCUT2D eigenvalue weighted by Gasteiger charge is 2.37. The first kappa shape index (κ1) is 20.3. The number of hydrogen-bond acceptors (Lipinski definition) is 5. The molecule has 1 aromatic carbocycles. The summed E-state index contributed by atoms with van der Waals surface area (Å²) in [7, 11) is 0. The molecule has 2 amide bonds. The maximum Gasteiger partial charge on any atom is 0.236 e. The molecule has 1 aromatic rings. The number of likely N-dealkylation sites (tertiary alicyclic amines) is 1. The van der Waals surface area contributed by atoms with E-state index in [1.165, 1.54) is 6.42 Å². The van der Waals surface area contributed by atoms with Gasteiger partial charge < -0.3 is 9.80 Å². The maximum absolute atomic E-state index is 13.2. The van der Waals surface area contributed by atoms with Gasteiger partial charge >= 0.3 is 0 Å². The van der Waals surface area contributed by atoms with Crippen molar-refractivity contribution < 1.29 is 9.59 Å². The number of piperazine rings is 1. The first-order chi connectivity index (χ1) is 14.1. The van der Waals surface area contributed by atoms with Gasteiger partial charge in [-0.1, -0.05) is 30.3 Å². The van der Waals surface area contributed by atoms with Crippen LogP contribution < -0.4 is 10.9 Å². The van der Waals surface area contributed by atoms with Crippen molar-refractivity contribution in [2.75, 3.05) is 45.8 Å². The summed E-state index contributed by atoms with van der Waals surface area (Å²) in [6, 6.07) is 10.5. The van der Waals surface area contributed by atoms with E-state index in [4.69, 9.17) is 0 Å². The lowest BCUT2D eigenvalue weighted by molar-refractivity contribution is -0.139. The van der Waals surface area contributed by atoms with Crippen LogP contribution >= 0.6 is 0 Å². The molecule has 7 nitrogen and oxygen atoms in total. The Hall–Kier alpha value is -1.96. The van der Waals surface area contributed by atoms with Crippen LogP contribution in [0.3, 0.4) is 0 Å². The standard InChI is InChI=1S/C22H33N5O2/c1-17-7-5-6-10-27(17)20(28)16-25-11-13-26(14-12-25)22(29)19-15-23-24-21(19)18-8-3-2-4-9-18/h2-4,8-9,17,19,21,23-24H,5-7,10-16H2,1H3. The highest BCUT2D eigenvalue weighted by Crippen LogP contribution is 2.27. The topological polar surface area (TPSA) is 67.9 Å². The predicted octanol–water partition coefficient (Wildman–Crippen LogP) is 0.997. The molecule has 3 fully saturated rings. The van der Waals surface area contributed by atoms with Gasteiger partial charge in [0.15, 0.2) is 0 Å². The van der Waals surface area contributed by atoms with Gasteiger partial charge in [0.1, 0.15) is 0 Å². The Bertz CT molecular complexity index is 704. The first-order valence-electron chi connectivity index (χ1n) is 11.0. The number of carbonyl (C=O) groups excluding carboxylic acids is 2. The summed E-state index contributed by atoms with van der Waals surface area (Å²) in [6.45, 7) is 7.09. The van der Waals surface area contributed by atoms with E-state index in [0.717, 1.165) is 38.0 Å².